The molecule has 180 valence electrons. The fourth-order valence-corrected chi connectivity index (χ4v) is 3.98. The maximum Gasteiger partial charge on any atom is 0.262 e. The van der Waals surface area contributed by atoms with E-state index in [0.29, 0.717) is 47.6 Å². The first-order chi connectivity index (χ1) is 16.9. The highest BCUT2D eigenvalue weighted by molar-refractivity contribution is 5.87. The number of nitrogens with one attached hydrogen (secondary N) is 1. The van der Waals surface area contributed by atoms with Gasteiger partial charge in [0.15, 0.2) is 5.76 Å². The third kappa shape index (κ3) is 4.24. The van der Waals surface area contributed by atoms with Gasteiger partial charge in [-0.1, -0.05) is 11.2 Å². The van der Waals surface area contributed by atoms with E-state index in [1.54, 1.807) is 42.2 Å². The standard InChI is InChI=1S/C23H24N8O4/c1-14-12-20(31(28-14)10-11-32)27-22-24-8-6-17(26-22)15-4-3-5-16(25-15)18-13-19(35-29-18)23(34)7-9-30(2)21(23)33/h3-6,8,12-13,32,34H,7,9-11H2,1-2H3,(H,24,26,27)/t23-/m1/s1. The van der Waals surface area contributed by atoms with Crippen LogP contribution in [0.5, 0.6) is 0 Å². The van der Waals surface area contributed by atoms with Crippen molar-refractivity contribution < 1.29 is 19.5 Å². The Morgan fingerprint density at radius 2 is 1.91 bits per heavy atom. The maximum absolute atomic E-state index is 12.4. The Labute approximate surface area is 200 Å². The molecule has 1 saturated heterocycles. The van der Waals surface area contributed by atoms with E-state index in [4.69, 9.17) is 4.52 Å². The summed E-state index contributed by atoms with van der Waals surface area (Å²) in [6, 6.07) is 10.5. The van der Waals surface area contributed by atoms with Crippen molar-refractivity contribution in [1.82, 2.24) is 34.8 Å². The SMILES string of the molecule is Cc1cc(Nc2nccc(-c3cccc(-c4cc([C@]5(O)CCN(C)C5=O)on4)n3)n2)n(CCO)n1. The summed E-state index contributed by atoms with van der Waals surface area (Å²) in [5.41, 5.74) is 1.13. The van der Waals surface area contributed by atoms with Gasteiger partial charge in [0.2, 0.25) is 11.5 Å². The fraction of sp³-hybridized carbons (Fsp3) is 0.304. The van der Waals surface area contributed by atoms with Gasteiger partial charge in [-0.25, -0.2) is 19.6 Å². The normalized spacial score (nSPS) is 17.8. The Bertz CT molecular complexity index is 1380. The first kappa shape index (κ1) is 22.6. The van der Waals surface area contributed by atoms with Crippen molar-refractivity contribution in [3.8, 4) is 22.8 Å². The molecule has 0 unspecified atom stereocenters. The molecule has 35 heavy (non-hydrogen) atoms. The van der Waals surface area contributed by atoms with Crippen molar-refractivity contribution in [2.24, 2.45) is 0 Å². The Morgan fingerprint density at radius 1 is 1.14 bits per heavy atom. The molecule has 5 heterocycles. The van der Waals surface area contributed by atoms with Crippen molar-refractivity contribution in [3.63, 3.8) is 0 Å². The number of hydrogen-bond donors (Lipinski definition) is 3. The van der Waals surface area contributed by atoms with Gasteiger partial charge in [-0.05, 0) is 25.1 Å². The molecule has 0 aliphatic carbocycles. The summed E-state index contributed by atoms with van der Waals surface area (Å²) >= 11 is 0. The van der Waals surface area contributed by atoms with Crippen LogP contribution in [0.25, 0.3) is 22.8 Å². The zero-order valence-electron chi connectivity index (χ0n) is 19.2. The van der Waals surface area contributed by atoms with Crippen LogP contribution in [0.4, 0.5) is 11.8 Å². The van der Waals surface area contributed by atoms with Crippen molar-refractivity contribution in [2.45, 2.75) is 25.5 Å². The van der Waals surface area contributed by atoms with Crippen molar-refractivity contribution in [1.29, 1.82) is 0 Å². The Balaban J connectivity index is 1.41. The molecule has 12 nitrogen and oxygen atoms in total. The number of nitrogens with zero attached hydrogens (tertiary/aromatic N) is 7. The average molecular weight is 476 g/mol. The predicted octanol–water partition coefficient (Wildman–Crippen LogP) is 1.48. The fourth-order valence-electron chi connectivity index (χ4n) is 3.98. The monoisotopic (exact) mass is 476 g/mol. The quantitative estimate of drug-likeness (QED) is 0.357. The van der Waals surface area contributed by atoms with Gasteiger partial charge < -0.3 is 25.0 Å². The lowest BCUT2D eigenvalue weighted by Crippen LogP contribution is -2.35. The van der Waals surface area contributed by atoms with Crippen molar-refractivity contribution in [2.75, 3.05) is 25.5 Å². The molecular weight excluding hydrogens is 452 g/mol. The number of carbonyl (C=O) groups excluding carboxylic acids is 1. The summed E-state index contributed by atoms with van der Waals surface area (Å²) in [7, 11) is 1.63. The van der Waals surface area contributed by atoms with Gasteiger partial charge in [0.25, 0.3) is 5.91 Å². The molecule has 0 aromatic carbocycles. The molecule has 1 aliphatic heterocycles. The topological polar surface area (TPSA) is 155 Å². The summed E-state index contributed by atoms with van der Waals surface area (Å²) in [6.45, 7) is 2.60. The van der Waals surface area contributed by atoms with Gasteiger partial charge in [0.05, 0.1) is 35.9 Å². The first-order valence-electron chi connectivity index (χ1n) is 11.1. The van der Waals surface area contributed by atoms with Crippen LogP contribution in [-0.4, -0.2) is 71.1 Å². The summed E-state index contributed by atoms with van der Waals surface area (Å²) in [5.74, 6) is 0.690. The molecule has 4 aromatic rings. The van der Waals surface area contributed by atoms with Crippen molar-refractivity contribution >= 4 is 17.7 Å². The minimum atomic E-state index is -1.72. The summed E-state index contributed by atoms with van der Waals surface area (Å²) in [5, 5.41) is 31.6. The molecule has 12 heteroatoms. The largest absolute Gasteiger partial charge is 0.394 e. The summed E-state index contributed by atoms with van der Waals surface area (Å²) in [6.07, 6.45) is 1.85. The van der Waals surface area contributed by atoms with Crippen LogP contribution >= 0.6 is 0 Å². The second kappa shape index (κ2) is 8.89. The molecule has 4 aromatic heterocycles. The zero-order chi connectivity index (χ0) is 24.6. The average Bonchev–Trinajstić information content (AvgIpc) is 3.56. The second-order valence-electron chi connectivity index (χ2n) is 8.33. The highest BCUT2D eigenvalue weighted by Gasteiger charge is 2.48. The molecule has 1 fully saturated rings. The van der Waals surface area contributed by atoms with E-state index in [1.807, 2.05) is 19.1 Å². The number of amides is 1. The van der Waals surface area contributed by atoms with Gasteiger partial charge in [0, 0.05) is 38.3 Å². The minimum absolute atomic E-state index is 0.0422. The molecular formula is C23H24N8O4. The van der Waals surface area contributed by atoms with E-state index >= 15 is 0 Å². The molecule has 1 amide bonds. The molecule has 3 N–H and O–H groups in total. The van der Waals surface area contributed by atoms with Crippen LogP contribution in [0.2, 0.25) is 0 Å². The lowest BCUT2D eigenvalue weighted by Gasteiger charge is -2.16. The predicted molar refractivity (Wildman–Crippen MR) is 124 cm³/mol. The van der Waals surface area contributed by atoms with E-state index in [9.17, 15) is 15.0 Å². The maximum atomic E-state index is 12.4. The molecule has 1 aliphatic rings. The molecule has 0 spiro atoms. The molecule has 0 radical (unpaired) electrons. The third-order valence-corrected chi connectivity index (χ3v) is 5.81. The van der Waals surface area contributed by atoms with E-state index in [0.717, 1.165) is 5.69 Å². The smallest absolute Gasteiger partial charge is 0.262 e. The van der Waals surface area contributed by atoms with Gasteiger partial charge >= 0.3 is 0 Å². The Hall–Kier alpha value is -4.16. The van der Waals surface area contributed by atoms with E-state index < -0.39 is 11.5 Å². The number of pyridine rings is 1. The van der Waals surface area contributed by atoms with Crippen LogP contribution < -0.4 is 5.32 Å². The van der Waals surface area contributed by atoms with Crippen LogP contribution in [0.15, 0.2) is 47.1 Å². The number of aliphatic hydroxyl groups is 2. The van der Waals surface area contributed by atoms with Crippen molar-refractivity contribution in [3.05, 3.63) is 54.0 Å². The van der Waals surface area contributed by atoms with E-state index in [1.165, 1.54) is 4.90 Å². The van der Waals surface area contributed by atoms with Gasteiger partial charge in [0.1, 0.15) is 11.5 Å². The van der Waals surface area contributed by atoms with Crippen LogP contribution in [0, 0.1) is 6.92 Å². The first-order valence-corrected chi connectivity index (χ1v) is 11.1. The molecule has 0 bridgehead atoms. The molecule has 1 atom stereocenters. The van der Waals surface area contributed by atoms with E-state index in [2.05, 4.69) is 30.5 Å². The number of rotatable bonds is 7. The second-order valence-corrected chi connectivity index (χ2v) is 8.33. The number of hydrogen-bond acceptors (Lipinski definition) is 10. The number of aromatic nitrogens is 6. The van der Waals surface area contributed by atoms with Crippen LogP contribution in [-0.2, 0) is 16.9 Å². The number of aliphatic hydroxyl groups excluding tert-OH is 1. The number of likely N-dealkylation sites (N-methyl/N-ethyl adjacent to an activating group) is 1. The Morgan fingerprint density at radius 3 is 2.66 bits per heavy atom. The van der Waals surface area contributed by atoms with Gasteiger partial charge in [-0.2, -0.15) is 5.10 Å². The van der Waals surface area contributed by atoms with Crippen LogP contribution in [0.3, 0.4) is 0 Å². The van der Waals surface area contributed by atoms with Crippen LogP contribution in [0.1, 0.15) is 17.9 Å². The molecule has 5 rings (SSSR count). The summed E-state index contributed by atoms with van der Waals surface area (Å²) < 4.78 is 6.99. The van der Waals surface area contributed by atoms with Gasteiger partial charge in [-0.3, -0.25) is 4.79 Å². The number of aryl methyl sites for hydroxylation is 1. The number of anilines is 2. The lowest BCUT2D eigenvalue weighted by atomic mass is 9.98. The lowest BCUT2D eigenvalue weighted by molar-refractivity contribution is -0.144. The number of carbonyl (C=O) groups is 1. The highest BCUT2D eigenvalue weighted by Crippen LogP contribution is 2.34. The van der Waals surface area contributed by atoms with Gasteiger partial charge in [-0.15, -0.1) is 0 Å². The highest BCUT2D eigenvalue weighted by atomic mass is 16.5. The third-order valence-electron chi connectivity index (χ3n) is 5.81. The number of likely N-dealkylation sites (tertiary alicyclic amines) is 1. The Kier molecular flexibility index (Phi) is 5.75. The van der Waals surface area contributed by atoms with E-state index in [-0.39, 0.29) is 18.8 Å². The molecule has 0 saturated carbocycles. The zero-order valence-corrected chi connectivity index (χ0v) is 19.2. The summed E-state index contributed by atoms with van der Waals surface area (Å²) in [4.78, 5) is 27.3. The minimum Gasteiger partial charge on any atom is -0.394 e.